The number of nitrogens with zero attached hydrogens (tertiary/aromatic N) is 1. The Bertz CT molecular complexity index is 913. The number of halogens is 3. The van der Waals surface area contributed by atoms with E-state index in [0.29, 0.717) is 30.8 Å². The summed E-state index contributed by atoms with van der Waals surface area (Å²) in [5, 5.41) is 2.68. The Balaban J connectivity index is 1.74. The molecule has 1 atom stereocenters. The summed E-state index contributed by atoms with van der Waals surface area (Å²) in [5.41, 5.74) is 1.16. The standard InChI is InChI=1S/C24H29F3N2O2/c1-15-12-16(13-19(27)23(15)28-21(30)14-24(2,3)4)29-9-8-20(31-11-10-29)22-17(25)6-5-7-18(22)26/h5-7,12-13,20H,8-11,14H2,1-4H3,(H,28,30)/t20-/m0/s1. The van der Waals surface area contributed by atoms with Crippen LogP contribution in [-0.2, 0) is 9.53 Å². The molecule has 1 saturated heterocycles. The number of hydrogen-bond donors (Lipinski definition) is 1. The van der Waals surface area contributed by atoms with Gasteiger partial charge < -0.3 is 15.0 Å². The number of carbonyl (C=O) groups excluding carboxylic acids is 1. The van der Waals surface area contributed by atoms with Crippen LogP contribution in [0.1, 0.15) is 50.8 Å². The Morgan fingerprint density at radius 2 is 1.81 bits per heavy atom. The predicted octanol–water partition coefficient (Wildman–Crippen LogP) is 5.76. The number of aryl methyl sites for hydroxylation is 1. The van der Waals surface area contributed by atoms with Gasteiger partial charge in [-0.2, -0.15) is 0 Å². The zero-order valence-electron chi connectivity index (χ0n) is 18.4. The van der Waals surface area contributed by atoms with Gasteiger partial charge in [0.1, 0.15) is 17.5 Å². The van der Waals surface area contributed by atoms with Gasteiger partial charge in [-0.25, -0.2) is 13.2 Å². The Morgan fingerprint density at radius 3 is 2.42 bits per heavy atom. The van der Waals surface area contributed by atoms with Crippen LogP contribution >= 0.6 is 0 Å². The third kappa shape index (κ3) is 5.79. The first kappa shape index (κ1) is 23.1. The SMILES string of the molecule is Cc1cc(N2CCO[C@H](c3c(F)cccc3F)CC2)cc(F)c1NC(=O)CC(C)(C)C. The minimum atomic E-state index is -0.701. The highest BCUT2D eigenvalue weighted by atomic mass is 19.1. The van der Waals surface area contributed by atoms with Gasteiger partial charge >= 0.3 is 0 Å². The zero-order chi connectivity index (χ0) is 22.8. The molecule has 31 heavy (non-hydrogen) atoms. The third-order valence-corrected chi connectivity index (χ3v) is 5.26. The number of amides is 1. The molecule has 7 heteroatoms. The Kier molecular flexibility index (Phi) is 6.94. The summed E-state index contributed by atoms with van der Waals surface area (Å²) < 4.78 is 48.8. The van der Waals surface area contributed by atoms with Gasteiger partial charge in [0, 0.05) is 25.2 Å². The van der Waals surface area contributed by atoms with Gasteiger partial charge in [0.25, 0.3) is 0 Å². The van der Waals surface area contributed by atoms with Crippen molar-refractivity contribution in [2.45, 2.75) is 46.6 Å². The summed E-state index contributed by atoms with van der Waals surface area (Å²) in [7, 11) is 0. The molecule has 2 aromatic carbocycles. The first-order valence-electron chi connectivity index (χ1n) is 10.5. The monoisotopic (exact) mass is 434 g/mol. The van der Waals surface area contributed by atoms with Gasteiger partial charge in [0.05, 0.1) is 24.0 Å². The van der Waals surface area contributed by atoms with Crippen LogP contribution in [0, 0.1) is 29.8 Å². The molecule has 0 unspecified atom stereocenters. The molecule has 2 aromatic rings. The van der Waals surface area contributed by atoms with Crippen molar-refractivity contribution in [2.75, 3.05) is 29.9 Å². The van der Waals surface area contributed by atoms with Crippen LogP contribution in [0.4, 0.5) is 24.5 Å². The third-order valence-electron chi connectivity index (χ3n) is 5.26. The quantitative estimate of drug-likeness (QED) is 0.666. The maximum Gasteiger partial charge on any atom is 0.224 e. The molecule has 0 spiro atoms. The average Bonchev–Trinajstić information content (AvgIpc) is 2.89. The Hall–Kier alpha value is -2.54. The molecule has 168 valence electrons. The zero-order valence-corrected chi connectivity index (χ0v) is 18.4. The second-order valence-electron chi connectivity index (χ2n) is 9.18. The van der Waals surface area contributed by atoms with Crippen molar-refractivity contribution < 1.29 is 22.7 Å². The maximum absolute atomic E-state index is 14.8. The molecule has 0 aliphatic carbocycles. The van der Waals surface area contributed by atoms with E-state index in [1.807, 2.05) is 25.7 Å². The second kappa shape index (κ2) is 9.30. The van der Waals surface area contributed by atoms with Crippen LogP contribution in [0.3, 0.4) is 0 Å². The number of hydrogen-bond acceptors (Lipinski definition) is 3. The number of ether oxygens (including phenoxy) is 1. The minimum absolute atomic E-state index is 0.0661. The van der Waals surface area contributed by atoms with Crippen molar-refractivity contribution in [3.63, 3.8) is 0 Å². The van der Waals surface area contributed by atoms with E-state index in [0.717, 1.165) is 0 Å². The van der Waals surface area contributed by atoms with Gasteiger partial charge in [0.2, 0.25) is 5.91 Å². The van der Waals surface area contributed by atoms with Crippen LogP contribution in [0.15, 0.2) is 30.3 Å². The fraction of sp³-hybridized carbons (Fsp3) is 0.458. The van der Waals surface area contributed by atoms with Crippen molar-refractivity contribution in [1.29, 1.82) is 0 Å². The molecule has 1 fully saturated rings. The molecule has 1 aliphatic heterocycles. The van der Waals surface area contributed by atoms with Gasteiger partial charge in [0.15, 0.2) is 0 Å². The average molecular weight is 435 g/mol. The number of anilines is 2. The Morgan fingerprint density at radius 1 is 1.13 bits per heavy atom. The van der Waals surface area contributed by atoms with Crippen LogP contribution in [0.25, 0.3) is 0 Å². The van der Waals surface area contributed by atoms with E-state index < -0.39 is 23.6 Å². The predicted molar refractivity (Wildman–Crippen MR) is 116 cm³/mol. The summed E-state index contributed by atoms with van der Waals surface area (Å²) in [4.78, 5) is 14.2. The highest BCUT2D eigenvalue weighted by Crippen LogP contribution is 2.32. The van der Waals surface area contributed by atoms with Crippen molar-refractivity contribution in [3.8, 4) is 0 Å². The van der Waals surface area contributed by atoms with Crippen molar-refractivity contribution in [1.82, 2.24) is 0 Å². The molecule has 0 saturated carbocycles. The first-order valence-corrected chi connectivity index (χ1v) is 10.5. The molecule has 1 heterocycles. The molecule has 0 aromatic heterocycles. The first-order chi connectivity index (χ1) is 14.5. The van der Waals surface area contributed by atoms with Crippen LogP contribution in [0.2, 0.25) is 0 Å². The van der Waals surface area contributed by atoms with Crippen molar-refractivity contribution in [2.24, 2.45) is 5.41 Å². The Labute approximate surface area is 181 Å². The molecule has 3 rings (SSSR count). The number of benzene rings is 2. The molecular formula is C24H29F3N2O2. The van der Waals surface area contributed by atoms with Crippen LogP contribution < -0.4 is 10.2 Å². The fourth-order valence-electron chi connectivity index (χ4n) is 3.81. The molecule has 0 bridgehead atoms. The van der Waals surface area contributed by atoms with Crippen LogP contribution in [-0.4, -0.2) is 25.6 Å². The summed E-state index contributed by atoms with van der Waals surface area (Å²) in [5.74, 6) is -2.01. The lowest BCUT2D eigenvalue weighted by Crippen LogP contribution is -2.26. The normalized spacial score (nSPS) is 17.4. The molecular weight excluding hydrogens is 405 g/mol. The van der Waals surface area contributed by atoms with Crippen molar-refractivity contribution >= 4 is 17.3 Å². The summed E-state index contributed by atoms with van der Waals surface area (Å²) >= 11 is 0. The van der Waals surface area contributed by atoms with Gasteiger partial charge in [-0.05, 0) is 48.6 Å². The lowest BCUT2D eigenvalue weighted by atomic mass is 9.92. The summed E-state index contributed by atoms with van der Waals surface area (Å²) in [6, 6.07) is 6.94. The maximum atomic E-state index is 14.8. The van der Waals surface area contributed by atoms with E-state index >= 15 is 0 Å². The fourth-order valence-corrected chi connectivity index (χ4v) is 3.81. The second-order valence-corrected chi connectivity index (χ2v) is 9.18. The van der Waals surface area contributed by atoms with Gasteiger partial charge in [-0.15, -0.1) is 0 Å². The van der Waals surface area contributed by atoms with Crippen molar-refractivity contribution in [3.05, 3.63) is 58.9 Å². The molecule has 1 amide bonds. The molecule has 0 radical (unpaired) electrons. The van der Waals surface area contributed by atoms with Gasteiger partial charge in [-0.3, -0.25) is 4.79 Å². The van der Waals surface area contributed by atoms with E-state index in [1.165, 1.54) is 24.3 Å². The van der Waals surface area contributed by atoms with Crippen LogP contribution in [0.5, 0.6) is 0 Å². The summed E-state index contributed by atoms with van der Waals surface area (Å²) in [6.45, 7) is 8.74. The van der Waals surface area contributed by atoms with E-state index in [9.17, 15) is 18.0 Å². The molecule has 1 aliphatic rings. The minimum Gasteiger partial charge on any atom is -0.371 e. The topological polar surface area (TPSA) is 41.6 Å². The number of nitrogens with one attached hydrogen (secondary N) is 1. The highest BCUT2D eigenvalue weighted by molar-refractivity contribution is 5.92. The van der Waals surface area contributed by atoms with Gasteiger partial charge in [-0.1, -0.05) is 26.8 Å². The smallest absolute Gasteiger partial charge is 0.224 e. The molecule has 1 N–H and O–H groups in total. The lowest BCUT2D eigenvalue weighted by Gasteiger charge is -2.24. The number of carbonyl (C=O) groups is 1. The summed E-state index contributed by atoms with van der Waals surface area (Å²) in [6.07, 6.45) is -0.0543. The van der Waals surface area contributed by atoms with E-state index in [1.54, 1.807) is 13.0 Å². The lowest BCUT2D eigenvalue weighted by molar-refractivity contribution is -0.117. The van der Waals surface area contributed by atoms with E-state index in [-0.39, 0.29) is 35.6 Å². The highest BCUT2D eigenvalue weighted by Gasteiger charge is 2.25. The largest absolute Gasteiger partial charge is 0.371 e. The molecule has 4 nitrogen and oxygen atoms in total. The van der Waals surface area contributed by atoms with E-state index in [4.69, 9.17) is 4.74 Å². The van der Waals surface area contributed by atoms with E-state index in [2.05, 4.69) is 5.32 Å². The number of rotatable bonds is 4.